The van der Waals surface area contributed by atoms with Gasteiger partial charge in [-0.2, -0.15) is 0 Å². The van der Waals surface area contributed by atoms with Gasteiger partial charge in [-0.05, 0) is 42.8 Å². The van der Waals surface area contributed by atoms with E-state index in [1.54, 1.807) is 12.1 Å². The Balaban J connectivity index is 1.23. The summed E-state index contributed by atoms with van der Waals surface area (Å²) in [5.41, 5.74) is 2.08. The van der Waals surface area contributed by atoms with Gasteiger partial charge in [0.1, 0.15) is 18.1 Å². The van der Waals surface area contributed by atoms with Gasteiger partial charge in [-0.3, -0.25) is 4.79 Å². The first kappa shape index (κ1) is 17.9. The molecule has 28 heavy (non-hydrogen) atoms. The van der Waals surface area contributed by atoms with E-state index in [-0.39, 0.29) is 12.5 Å². The molecule has 0 bridgehead atoms. The fraction of sp³-hybridized carbons (Fsp3) is 0.182. The maximum atomic E-state index is 12.2. The van der Waals surface area contributed by atoms with Gasteiger partial charge >= 0.3 is 0 Å². The fourth-order valence-electron chi connectivity index (χ4n) is 2.98. The zero-order valence-corrected chi connectivity index (χ0v) is 15.4. The Hall–Kier alpha value is -3.54. The van der Waals surface area contributed by atoms with E-state index >= 15 is 0 Å². The molecule has 0 unspecified atom stereocenters. The third-order valence-electron chi connectivity index (χ3n) is 4.40. The predicted octanol–water partition coefficient (Wildman–Crippen LogP) is 4.03. The Morgan fingerprint density at radius 1 is 1.04 bits per heavy atom. The van der Waals surface area contributed by atoms with Gasteiger partial charge in [0.15, 0.2) is 5.76 Å². The number of aryl methyl sites for hydroxylation is 1. The molecule has 4 rings (SSSR count). The van der Waals surface area contributed by atoms with Crippen molar-refractivity contribution in [3.8, 4) is 5.75 Å². The number of nitrogens with one attached hydrogen (secondary N) is 1. The lowest BCUT2D eigenvalue weighted by Gasteiger charge is -2.06. The number of ether oxygens (including phenoxy) is 1. The molecule has 0 saturated carbocycles. The summed E-state index contributed by atoms with van der Waals surface area (Å²) in [4.78, 5) is 16.6. The zero-order valence-electron chi connectivity index (χ0n) is 15.4. The van der Waals surface area contributed by atoms with E-state index in [9.17, 15) is 4.79 Å². The van der Waals surface area contributed by atoms with Gasteiger partial charge in [0.2, 0.25) is 0 Å². The average Bonchev–Trinajstić information content (AvgIpc) is 3.38. The lowest BCUT2D eigenvalue weighted by atomic mass is 10.3. The lowest BCUT2D eigenvalue weighted by Crippen LogP contribution is -2.24. The van der Waals surface area contributed by atoms with Crippen LogP contribution < -0.4 is 10.1 Å². The van der Waals surface area contributed by atoms with Crippen molar-refractivity contribution in [1.82, 2.24) is 14.9 Å². The number of imidazole rings is 1. The molecular formula is C22H21N3O3. The number of rotatable bonds is 8. The second-order valence-electron chi connectivity index (χ2n) is 6.40. The van der Waals surface area contributed by atoms with E-state index in [1.165, 1.54) is 0 Å². The number of hydrogen-bond donors (Lipinski definition) is 1. The Labute approximate surface area is 162 Å². The Kier molecular flexibility index (Phi) is 5.38. The number of hydrogen-bond acceptors (Lipinski definition) is 4. The highest BCUT2D eigenvalue weighted by Gasteiger charge is 2.11. The third-order valence-corrected chi connectivity index (χ3v) is 4.40. The van der Waals surface area contributed by atoms with Crippen LogP contribution in [0.4, 0.5) is 0 Å². The maximum absolute atomic E-state index is 12.2. The van der Waals surface area contributed by atoms with Crippen LogP contribution in [-0.2, 0) is 13.2 Å². The van der Waals surface area contributed by atoms with Crippen molar-refractivity contribution in [1.29, 1.82) is 0 Å². The first-order chi connectivity index (χ1) is 13.8. The van der Waals surface area contributed by atoms with Crippen LogP contribution in [0.1, 0.15) is 22.7 Å². The second-order valence-corrected chi connectivity index (χ2v) is 6.40. The van der Waals surface area contributed by atoms with E-state index in [1.807, 2.05) is 60.9 Å². The first-order valence-corrected chi connectivity index (χ1v) is 9.24. The molecule has 0 aliphatic carbocycles. The van der Waals surface area contributed by atoms with Gasteiger partial charge in [0.25, 0.3) is 5.91 Å². The molecule has 0 radical (unpaired) electrons. The van der Waals surface area contributed by atoms with E-state index in [0.717, 1.165) is 29.7 Å². The fourth-order valence-corrected chi connectivity index (χ4v) is 2.98. The van der Waals surface area contributed by atoms with Gasteiger partial charge in [-0.15, -0.1) is 0 Å². The molecule has 0 saturated heterocycles. The van der Waals surface area contributed by atoms with Gasteiger partial charge in [0, 0.05) is 13.1 Å². The molecule has 2 aromatic carbocycles. The van der Waals surface area contributed by atoms with Crippen molar-refractivity contribution in [3.05, 3.63) is 84.6 Å². The summed E-state index contributed by atoms with van der Waals surface area (Å²) in [5.74, 6) is 1.44. The van der Waals surface area contributed by atoms with Crippen LogP contribution in [0, 0.1) is 0 Å². The number of aromatic nitrogens is 2. The predicted molar refractivity (Wildman–Crippen MR) is 106 cm³/mol. The monoisotopic (exact) mass is 375 g/mol. The standard InChI is InChI=1S/C22H21N3O3/c26-22(21-12-11-18(28-21)15-27-17-7-2-1-3-8-17)23-13-6-14-25-16-24-19-9-4-5-10-20(19)25/h1-5,7-12,16H,6,13-15H2,(H,23,26). The Morgan fingerprint density at radius 3 is 2.75 bits per heavy atom. The van der Waals surface area contributed by atoms with Gasteiger partial charge in [-0.25, -0.2) is 4.98 Å². The Bertz CT molecular complexity index is 1050. The highest BCUT2D eigenvalue weighted by molar-refractivity contribution is 5.91. The molecule has 0 atom stereocenters. The molecule has 4 aromatic rings. The minimum atomic E-state index is -0.221. The highest BCUT2D eigenvalue weighted by Crippen LogP contribution is 2.14. The molecule has 142 valence electrons. The molecular weight excluding hydrogens is 354 g/mol. The summed E-state index contributed by atoms with van der Waals surface area (Å²) < 4.78 is 13.3. The lowest BCUT2D eigenvalue weighted by molar-refractivity contribution is 0.0921. The van der Waals surface area contributed by atoms with E-state index in [0.29, 0.717) is 18.1 Å². The van der Waals surface area contributed by atoms with E-state index in [4.69, 9.17) is 9.15 Å². The molecule has 1 amide bonds. The number of nitrogens with zero attached hydrogens (tertiary/aromatic N) is 2. The molecule has 1 N–H and O–H groups in total. The zero-order chi connectivity index (χ0) is 19.2. The smallest absolute Gasteiger partial charge is 0.286 e. The molecule has 0 spiro atoms. The van der Waals surface area contributed by atoms with Crippen LogP contribution in [-0.4, -0.2) is 22.0 Å². The number of para-hydroxylation sites is 3. The number of carbonyl (C=O) groups excluding carboxylic acids is 1. The molecule has 0 aliphatic heterocycles. The van der Waals surface area contributed by atoms with Gasteiger partial charge in [-0.1, -0.05) is 30.3 Å². The normalized spacial score (nSPS) is 10.9. The van der Waals surface area contributed by atoms with Crippen molar-refractivity contribution in [3.63, 3.8) is 0 Å². The first-order valence-electron chi connectivity index (χ1n) is 9.24. The van der Waals surface area contributed by atoms with Crippen LogP contribution in [0.15, 0.2) is 77.5 Å². The number of benzene rings is 2. The summed E-state index contributed by atoms with van der Waals surface area (Å²) in [6, 6.07) is 20.9. The van der Waals surface area contributed by atoms with Crippen molar-refractivity contribution in [2.45, 2.75) is 19.6 Å². The SMILES string of the molecule is O=C(NCCCn1cnc2ccccc21)c1ccc(COc2ccccc2)o1. The summed E-state index contributed by atoms with van der Waals surface area (Å²) in [5, 5.41) is 2.89. The van der Waals surface area contributed by atoms with Crippen LogP contribution >= 0.6 is 0 Å². The summed E-state index contributed by atoms with van der Waals surface area (Å²) in [6.45, 7) is 1.63. The molecule has 6 nitrogen and oxygen atoms in total. The van der Waals surface area contributed by atoms with E-state index in [2.05, 4.69) is 14.9 Å². The quantitative estimate of drug-likeness (QED) is 0.472. The minimum absolute atomic E-state index is 0.221. The van der Waals surface area contributed by atoms with Crippen molar-refractivity contribution >= 4 is 16.9 Å². The number of carbonyl (C=O) groups is 1. The second kappa shape index (κ2) is 8.43. The van der Waals surface area contributed by atoms with Crippen molar-refractivity contribution < 1.29 is 13.9 Å². The number of furan rings is 1. The van der Waals surface area contributed by atoms with E-state index < -0.39 is 0 Å². The topological polar surface area (TPSA) is 69.3 Å². The van der Waals surface area contributed by atoms with Crippen LogP contribution in [0.3, 0.4) is 0 Å². The number of fused-ring (bicyclic) bond motifs is 1. The maximum Gasteiger partial charge on any atom is 0.286 e. The van der Waals surface area contributed by atoms with Crippen LogP contribution in [0.5, 0.6) is 5.75 Å². The molecule has 0 fully saturated rings. The average molecular weight is 375 g/mol. The van der Waals surface area contributed by atoms with Crippen LogP contribution in [0.25, 0.3) is 11.0 Å². The summed E-state index contributed by atoms with van der Waals surface area (Å²) in [6.07, 6.45) is 2.63. The molecule has 2 heterocycles. The molecule has 2 aromatic heterocycles. The van der Waals surface area contributed by atoms with Gasteiger partial charge < -0.3 is 19.0 Å². The van der Waals surface area contributed by atoms with Gasteiger partial charge in [0.05, 0.1) is 17.4 Å². The minimum Gasteiger partial charge on any atom is -0.486 e. The van der Waals surface area contributed by atoms with Crippen molar-refractivity contribution in [2.24, 2.45) is 0 Å². The Morgan fingerprint density at radius 2 is 1.86 bits per heavy atom. The highest BCUT2D eigenvalue weighted by atomic mass is 16.5. The number of amides is 1. The van der Waals surface area contributed by atoms with Crippen LogP contribution in [0.2, 0.25) is 0 Å². The third kappa shape index (κ3) is 4.23. The molecule has 0 aliphatic rings. The molecule has 6 heteroatoms. The summed E-state index contributed by atoms with van der Waals surface area (Å²) in [7, 11) is 0. The largest absolute Gasteiger partial charge is 0.486 e. The van der Waals surface area contributed by atoms with Crippen molar-refractivity contribution in [2.75, 3.05) is 6.54 Å². The summed E-state index contributed by atoms with van der Waals surface area (Å²) >= 11 is 0.